The number of nitro benzene ring substituents is 1. The van der Waals surface area contributed by atoms with Gasteiger partial charge in [0.05, 0.1) is 15.0 Å². The van der Waals surface area contributed by atoms with Crippen LogP contribution in [0.5, 0.6) is 0 Å². The predicted molar refractivity (Wildman–Crippen MR) is 105 cm³/mol. The molecule has 3 rings (SSSR count). The molecule has 0 N–H and O–H groups in total. The summed E-state index contributed by atoms with van der Waals surface area (Å²) in [6, 6.07) is 15.2. The van der Waals surface area contributed by atoms with E-state index < -0.39 is 10.7 Å². The smallest absolute Gasteiger partial charge is 0.270 e. The van der Waals surface area contributed by atoms with Gasteiger partial charge in [0, 0.05) is 29.3 Å². The highest BCUT2D eigenvalue weighted by Gasteiger charge is 2.16. The normalized spacial score (nSPS) is 11.1. The van der Waals surface area contributed by atoms with Crippen LogP contribution in [-0.4, -0.2) is 10.7 Å². The molecule has 0 radical (unpaired) electrons. The number of Topliss-reactive ketones (excluding diaryl/α,β-unsaturated/α-hetero) is 1. The molecule has 0 unspecified atom stereocenters. The van der Waals surface area contributed by atoms with E-state index in [-0.39, 0.29) is 22.6 Å². The first-order chi connectivity index (χ1) is 13.4. The highest BCUT2D eigenvalue weighted by atomic mass is 35.5. The number of furan rings is 1. The van der Waals surface area contributed by atoms with Gasteiger partial charge in [0.1, 0.15) is 23.2 Å². The average Bonchev–Trinajstić information content (AvgIpc) is 3.16. The largest absolute Gasteiger partial charge is 0.457 e. The molecule has 1 heterocycles. The van der Waals surface area contributed by atoms with Gasteiger partial charge in [0.25, 0.3) is 5.69 Å². The number of carbonyl (C=O) groups is 1. The Morgan fingerprint density at radius 2 is 1.89 bits per heavy atom. The quantitative estimate of drug-likeness (QED) is 0.169. The number of non-ortho nitro benzene ring substituents is 1. The number of carbonyl (C=O) groups excluding carboxylic acids is 1. The molecule has 0 fully saturated rings. The Hall–Kier alpha value is -3.40. The van der Waals surface area contributed by atoms with E-state index in [0.717, 1.165) is 6.07 Å². The number of benzene rings is 2. The zero-order valence-electron chi connectivity index (χ0n) is 14.1. The maximum absolute atomic E-state index is 12.5. The lowest BCUT2D eigenvalue weighted by Gasteiger charge is -2.00. The molecule has 0 atom stereocenters. The summed E-state index contributed by atoms with van der Waals surface area (Å²) >= 11 is 11.9. The van der Waals surface area contributed by atoms with E-state index in [1.807, 2.05) is 0 Å². The first kappa shape index (κ1) is 19.4. The van der Waals surface area contributed by atoms with Gasteiger partial charge < -0.3 is 4.42 Å². The second-order valence-electron chi connectivity index (χ2n) is 5.64. The van der Waals surface area contributed by atoms with Gasteiger partial charge in [-0.1, -0.05) is 35.3 Å². The Morgan fingerprint density at radius 1 is 1.11 bits per heavy atom. The van der Waals surface area contributed by atoms with Crippen LogP contribution >= 0.6 is 23.2 Å². The molecule has 0 spiro atoms. The van der Waals surface area contributed by atoms with Crippen LogP contribution in [-0.2, 0) is 0 Å². The molecular weight excluding hydrogens is 403 g/mol. The molecule has 0 bridgehead atoms. The Kier molecular flexibility index (Phi) is 5.59. The van der Waals surface area contributed by atoms with Crippen molar-refractivity contribution in [1.29, 1.82) is 5.26 Å². The van der Waals surface area contributed by atoms with Crippen LogP contribution in [0.3, 0.4) is 0 Å². The minimum atomic E-state index is -0.640. The number of hydrogen-bond donors (Lipinski definition) is 0. The molecular formula is C20H10Cl2N2O4. The Morgan fingerprint density at radius 3 is 2.57 bits per heavy atom. The van der Waals surface area contributed by atoms with E-state index in [0.29, 0.717) is 21.4 Å². The third-order valence-electron chi connectivity index (χ3n) is 3.80. The fraction of sp³-hybridized carbons (Fsp3) is 0. The Labute approximate surface area is 169 Å². The van der Waals surface area contributed by atoms with Gasteiger partial charge in [0.15, 0.2) is 0 Å². The van der Waals surface area contributed by atoms with E-state index in [9.17, 15) is 20.2 Å². The molecule has 0 aliphatic rings. The summed E-state index contributed by atoms with van der Waals surface area (Å²) in [5.41, 5.74) is 0.273. The summed E-state index contributed by atoms with van der Waals surface area (Å²) < 4.78 is 5.66. The van der Waals surface area contributed by atoms with Gasteiger partial charge in [-0.15, -0.1) is 0 Å². The van der Waals surface area contributed by atoms with E-state index in [2.05, 4.69) is 0 Å². The summed E-state index contributed by atoms with van der Waals surface area (Å²) in [7, 11) is 0. The molecule has 0 saturated carbocycles. The van der Waals surface area contributed by atoms with Crippen molar-refractivity contribution in [3.05, 3.63) is 91.7 Å². The van der Waals surface area contributed by atoms with Crippen LogP contribution < -0.4 is 0 Å². The van der Waals surface area contributed by atoms with Gasteiger partial charge in [-0.05, 0) is 30.3 Å². The average molecular weight is 413 g/mol. The van der Waals surface area contributed by atoms with Crippen molar-refractivity contribution in [3.63, 3.8) is 0 Å². The lowest BCUT2D eigenvalue weighted by molar-refractivity contribution is -0.384. The monoisotopic (exact) mass is 412 g/mol. The number of rotatable bonds is 5. The fourth-order valence-corrected chi connectivity index (χ4v) is 2.74. The zero-order chi connectivity index (χ0) is 20.3. The molecule has 6 nitrogen and oxygen atoms in total. The lowest BCUT2D eigenvalue weighted by Crippen LogP contribution is -2.02. The maximum Gasteiger partial charge on any atom is 0.270 e. The molecule has 138 valence electrons. The van der Waals surface area contributed by atoms with Crippen LogP contribution in [0.1, 0.15) is 16.1 Å². The fourth-order valence-electron chi connectivity index (χ4n) is 2.44. The van der Waals surface area contributed by atoms with Crippen molar-refractivity contribution < 1.29 is 14.1 Å². The number of nitro groups is 1. The van der Waals surface area contributed by atoms with E-state index in [4.69, 9.17) is 27.6 Å². The Bertz CT molecular complexity index is 1160. The van der Waals surface area contributed by atoms with Crippen LogP contribution in [0.15, 0.2) is 64.6 Å². The van der Waals surface area contributed by atoms with E-state index in [1.54, 1.807) is 36.4 Å². The second-order valence-corrected chi connectivity index (χ2v) is 6.45. The molecule has 28 heavy (non-hydrogen) atoms. The summed E-state index contributed by atoms with van der Waals surface area (Å²) in [4.78, 5) is 22.8. The number of nitriles is 1. The molecule has 0 aliphatic heterocycles. The van der Waals surface area contributed by atoms with Crippen molar-refractivity contribution in [1.82, 2.24) is 0 Å². The van der Waals surface area contributed by atoms with Crippen LogP contribution in [0.2, 0.25) is 10.0 Å². The highest BCUT2D eigenvalue weighted by molar-refractivity contribution is 6.42. The Balaban J connectivity index is 1.91. The third-order valence-corrected chi connectivity index (χ3v) is 4.54. The SMILES string of the molecule is N#C/C(=C\c1ccc(-c2ccc(Cl)c(Cl)c2)o1)C(=O)c1cccc([N+](=O)[O-])c1. The molecule has 0 saturated heterocycles. The number of hydrogen-bond acceptors (Lipinski definition) is 5. The second kappa shape index (κ2) is 8.09. The minimum absolute atomic E-state index is 0.0401. The summed E-state index contributed by atoms with van der Waals surface area (Å²) in [6.07, 6.45) is 1.28. The van der Waals surface area contributed by atoms with Gasteiger partial charge in [0.2, 0.25) is 5.78 Å². The number of nitrogens with zero attached hydrogens (tertiary/aromatic N) is 2. The van der Waals surface area contributed by atoms with Crippen molar-refractivity contribution in [2.75, 3.05) is 0 Å². The van der Waals surface area contributed by atoms with Crippen molar-refractivity contribution in [2.24, 2.45) is 0 Å². The first-order valence-electron chi connectivity index (χ1n) is 7.85. The number of ketones is 1. The summed E-state index contributed by atoms with van der Waals surface area (Å²) in [5, 5.41) is 21.0. The maximum atomic E-state index is 12.5. The lowest BCUT2D eigenvalue weighted by atomic mass is 10.0. The van der Waals surface area contributed by atoms with E-state index in [1.165, 1.54) is 24.3 Å². The van der Waals surface area contributed by atoms with E-state index >= 15 is 0 Å². The van der Waals surface area contributed by atoms with Gasteiger partial charge in [-0.3, -0.25) is 14.9 Å². The molecule has 3 aromatic rings. The predicted octanol–water partition coefficient (Wildman–Crippen LogP) is 5.95. The number of halogens is 2. The van der Waals surface area contributed by atoms with Crippen LogP contribution in [0.25, 0.3) is 17.4 Å². The zero-order valence-corrected chi connectivity index (χ0v) is 15.6. The van der Waals surface area contributed by atoms with Gasteiger partial charge >= 0.3 is 0 Å². The summed E-state index contributed by atoms with van der Waals surface area (Å²) in [6.45, 7) is 0. The van der Waals surface area contributed by atoms with Gasteiger partial charge in [-0.25, -0.2) is 0 Å². The highest BCUT2D eigenvalue weighted by Crippen LogP contribution is 2.30. The summed E-state index contributed by atoms with van der Waals surface area (Å²) in [5.74, 6) is 0.111. The van der Waals surface area contributed by atoms with Gasteiger partial charge in [-0.2, -0.15) is 5.26 Å². The van der Waals surface area contributed by atoms with Crippen molar-refractivity contribution >= 4 is 40.7 Å². The molecule has 0 amide bonds. The van der Waals surface area contributed by atoms with Crippen LogP contribution in [0, 0.1) is 21.4 Å². The van der Waals surface area contributed by atoms with Crippen molar-refractivity contribution in [3.8, 4) is 17.4 Å². The first-order valence-corrected chi connectivity index (χ1v) is 8.61. The molecule has 1 aromatic heterocycles. The topological polar surface area (TPSA) is 97.1 Å². The van der Waals surface area contributed by atoms with Crippen LogP contribution in [0.4, 0.5) is 5.69 Å². The standard InChI is InChI=1S/C20H10Cl2N2O4/c21-17-6-4-12(10-18(17)22)19-7-5-16(28-19)9-14(11-23)20(25)13-2-1-3-15(8-13)24(26)27/h1-10H/b14-9+. The molecule has 0 aliphatic carbocycles. The molecule has 2 aromatic carbocycles. The molecule has 8 heteroatoms. The number of allylic oxidation sites excluding steroid dienone is 1. The minimum Gasteiger partial charge on any atom is -0.457 e. The van der Waals surface area contributed by atoms with Crippen molar-refractivity contribution in [2.45, 2.75) is 0 Å². The third kappa shape index (κ3) is 4.12.